The molecule has 0 fully saturated rings. The van der Waals surface area contributed by atoms with Crippen molar-refractivity contribution < 1.29 is 19.1 Å². The van der Waals surface area contributed by atoms with Gasteiger partial charge in [0.2, 0.25) is 0 Å². The number of hydrogen-bond acceptors (Lipinski definition) is 5. The lowest BCUT2D eigenvalue weighted by molar-refractivity contribution is 0.0594. The molecule has 1 amide bonds. The number of hydrogen-bond donors (Lipinski definition) is 1. The standard InChI is InChI=1S/C25H22N2O4/c1-30-24(28)23-14-6-8-17(27-23)9-7-15-26-25(29)31-16-22-20-12-4-2-10-18(20)19-11-3-5-13-21(19)22/h2-14,22H,15-16H2,1H3,(H,26,29). The van der Waals surface area contributed by atoms with Crippen LogP contribution in [0.25, 0.3) is 17.2 Å². The maximum atomic E-state index is 12.2. The minimum absolute atomic E-state index is 0.0268. The highest BCUT2D eigenvalue weighted by Gasteiger charge is 2.28. The molecular weight excluding hydrogens is 392 g/mol. The molecule has 0 atom stereocenters. The Kier molecular flexibility index (Phi) is 6.08. The molecule has 1 aliphatic rings. The van der Waals surface area contributed by atoms with Crippen molar-refractivity contribution in [2.45, 2.75) is 5.92 Å². The number of pyridine rings is 1. The number of nitrogens with zero attached hydrogens (tertiary/aromatic N) is 1. The summed E-state index contributed by atoms with van der Waals surface area (Å²) in [4.78, 5) is 27.9. The number of carbonyl (C=O) groups excluding carboxylic acids is 2. The van der Waals surface area contributed by atoms with Crippen LogP contribution in [0.5, 0.6) is 0 Å². The zero-order valence-electron chi connectivity index (χ0n) is 17.1. The highest BCUT2D eigenvalue weighted by atomic mass is 16.5. The van der Waals surface area contributed by atoms with Crippen LogP contribution in [-0.2, 0) is 9.47 Å². The van der Waals surface area contributed by atoms with Gasteiger partial charge in [-0.1, -0.05) is 60.7 Å². The topological polar surface area (TPSA) is 77.5 Å². The summed E-state index contributed by atoms with van der Waals surface area (Å²) in [5, 5.41) is 2.71. The van der Waals surface area contributed by atoms with Crippen LogP contribution in [0.4, 0.5) is 4.79 Å². The number of ether oxygens (including phenoxy) is 2. The predicted molar refractivity (Wildman–Crippen MR) is 118 cm³/mol. The van der Waals surface area contributed by atoms with Gasteiger partial charge in [-0.25, -0.2) is 14.6 Å². The monoisotopic (exact) mass is 414 g/mol. The highest BCUT2D eigenvalue weighted by molar-refractivity contribution is 5.87. The van der Waals surface area contributed by atoms with Crippen molar-refractivity contribution in [3.05, 3.63) is 95.3 Å². The number of amides is 1. The van der Waals surface area contributed by atoms with Crippen molar-refractivity contribution in [3.63, 3.8) is 0 Å². The second-order valence-corrected chi connectivity index (χ2v) is 7.05. The molecule has 3 aromatic rings. The van der Waals surface area contributed by atoms with Gasteiger partial charge in [0.05, 0.1) is 12.8 Å². The largest absolute Gasteiger partial charge is 0.464 e. The minimum atomic E-state index is -0.494. The first-order valence-corrected chi connectivity index (χ1v) is 9.98. The number of methoxy groups -OCH3 is 1. The molecule has 31 heavy (non-hydrogen) atoms. The summed E-state index contributed by atoms with van der Waals surface area (Å²) in [6.07, 6.45) is 2.98. The quantitative estimate of drug-likeness (QED) is 0.604. The van der Waals surface area contributed by atoms with Gasteiger partial charge in [0, 0.05) is 12.5 Å². The van der Waals surface area contributed by atoms with Crippen LogP contribution in [-0.4, -0.2) is 37.3 Å². The summed E-state index contributed by atoms with van der Waals surface area (Å²) < 4.78 is 10.2. The zero-order valence-corrected chi connectivity index (χ0v) is 17.1. The van der Waals surface area contributed by atoms with Crippen molar-refractivity contribution in [2.24, 2.45) is 0 Å². The molecule has 2 aromatic carbocycles. The summed E-state index contributed by atoms with van der Waals surface area (Å²) in [6.45, 7) is 0.549. The van der Waals surface area contributed by atoms with E-state index in [0.717, 1.165) is 0 Å². The molecule has 1 aromatic heterocycles. The van der Waals surface area contributed by atoms with Crippen LogP contribution >= 0.6 is 0 Å². The molecule has 0 saturated carbocycles. The minimum Gasteiger partial charge on any atom is -0.464 e. The van der Waals surface area contributed by atoms with Crippen LogP contribution < -0.4 is 5.32 Å². The molecular formula is C25H22N2O4. The molecule has 1 heterocycles. The molecule has 0 aliphatic heterocycles. The van der Waals surface area contributed by atoms with E-state index < -0.39 is 12.1 Å². The number of fused-ring (bicyclic) bond motifs is 3. The maximum Gasteiger partial charge on any atom is 0.407 e. The van der Waals surface area contributed by atoms with E-state index in [1.165, 1.54) is 29.4 Å². The first kappa shape index (κ1) is 20.3. The number of esters is 1. The Bertz CT molecular complexity index is 1090. The van der Waals surface area contributed by atoms with Gasteiger partial charge in [-0.2, -0.15) is 0 Å². The van der Waals surface area contributed by atoms with E-state index in [-0.39, 0.29) is 24.8 Å². The van der Waals surface area contributed by atoms with Crippen molar-refractivity contribution in [1.82, 2.24) is 10.3 Å². The average Bonchev–Trinajstić information content (AvgIpc) is 3.14. The lowest BCUT2D eigenvalue weighted by Gasteiger charge is -2.14. The maximum absolute atomic E-state index is 12.2. The molecule has 0 bridgehead atoms. The first-order valence-electron chi connectivity index (χ1n) is 9.98. The van der Waals surface area contributed by atoms with Gasteiger partial charge in [0.1, 0.15) is 12.3 Å². The Balaban J connectivity index is 1.31. The van der Waals surface area contributed by atoms with Crippen LogP contribution in [0.3, 0.4) is 0 Å². The van der Waals surface area contributed by atoms with Gasteiger partial charge in [0.25, 0.3) is 0 Å². The molecule has 0 unspecified atom stereocenters. The third kappa shape index (κ3) is 4.48. The lowest BCUT2D eigenvalue weighted by Crippen LogP contribution is -2.26. The first-order chi connectivity index (χ1) is 15.2. The Morgan fingerprint density at radius 1 is 0.968 bits per heavy atom. The van der Waals surface area contributed by atoms with E-state index in [4.69, 9.17) is 4.74 Å². The number of benzene rings is 2. The Labute approximate surface area is 180 Å². The zero-order chi connectivity index (χ0) is 21.6. The summed E-state index contributed by atoms with van der Waals surface area (Å²) >= 11 is 0. The molecule has 0 radical (unpaired) electrons. The SMILES string of the molecule is COC(=O)c1cccc(C=CCNC(=O)OCC2c3ccccc3-c3ccccc32)n1. The molecule has 4 rings (SSSR count). The number of rotatable bonds is 6. The number of aromatic nitrogens is 1. The second-order valence-electron chi connectivity index (χ2n) is 7.05. The smallest absolute Gasteiger partial charge is 0.407 e. The van der Waals surface area contributed by atoms with Crippen molar-refractivity contribution in [1.29, 1.82) is 0 Å². The fraction of sp³-hybridized carbons (Fsp3) is 0.160. The fourth-order valence-electron chi connectivity index (χ4n) is 3.73. The van der Waals surface area contributed by atoms with Crippen molar-refractivity contribution in [2.75, 3.05) is 20.3 Å². The molecule has 156 valence electrons. The normalized spacial score (nSPS) is 12.3. The van der Waals surface area contributed by atoms with Gasteiger partial charge >= 0.3 is 12.1 Å². The number of nitrogens with one attached hydrogen (secondary N) is 1. The van der Waals surface area contributed by atoms with E-state index in [1.54, 1.807) is 30.4 Å². The third-order valence-corrected chi connectivity index (χ3v) is 5.16. The average molecular weight is 414 g/mol. The van der Waals surface area contributed by atoms with Gasteiger partial charge in [-0.3, -0.25) is 0 Å². The van der Waals surface area contributed by atoms with Crippen LogP contribution in [0.2, 0.25) is 0 Å². The fourth-order valence-corrected chi connectivity index (χ4v) is 3.73. The third-order valence-electron chi connectivity index (χ3n) is 5.16. The summed E-state index contributed by atoms with van der Waals surface area (Å²) in [7, 11) is 1.31. The van der Waals surface area contributed by atoms with Gasteiger partial charge in [-0.05, 0) is 40.5 Å². The lowest BCUT2D eigenvalue weighted by atomic mass is 9.98. The number of carbonyl (C=O) groups is 2. The molecule has 0 spiro atoms. The second kappa shape index (κ2) is 9.26. The summed E-state index contributed by atoms with van der Waals surface area (Å²) in [6, 6.07) is 21.5. The molecule has 6 nitrogen and oxygen atoms in total. The van der Waals surface area contributed by atoms with Gasteiger partial charge in [-0.15, -0.1) is 0 Å². The Morgan fingerprint density at radius 3 is 2.32 bits per heavy atom. The van der Waals surface area contributed by atoms with Crippen molar-refractivity contribution in [3.8, 4) is 11.1 Å². The Hall–Kier alpha value is -3.93. The van der Waals surface area contributed by atoms with E-state index in [1.807, 2.05) is 24.3 Å². The van der Waals surface area contributed by atoms with Crippen molar-refractivity contribution >= 4 is 18.1 Å². The molecule has 1 aliphatic carbocycles. The highest BCUT2D eigenvalue weighted by Crippen LogP contribution is 2.44. The summed E-state index contributed by atoms with van der Waals surface area (Å²) in [5.74, 6) is -0.467. The van der Waals surface area contributed by atoms with Gasteiger partial charge < -0.3 is 14.8 Å². The Morgan fingerprint density at radius 2 is 1.65 bits per heavy atom. The van der Waals surface area contributed by atoms with Crippen LogP contribution in [0.1, 0.15) is 33.2 Å². The molecule has 6 heteroatoms. The van der Waals surface area contributed by atoms with E-state index in [0.29, 0.717) is 5.69 Å². The van der Waals surface area contributed by atoms with Gasteiger partial charge in [0.15, 0.2) is 0 Å². The van der Waals surface area contributed by atoms with Crippen LogP contribution in [0.15, 0.2) is 72.8 Å². The van der Waals surface area contributed by atoms with Crippen LogP contribution in [0, 0.1) is 0 Å². The molecule has 1 N–H and O–H groups in total. The predicted octanol–water partition coefficient (Wildman–Crippen LogP) is 4.42. The van der Waals surface area contributed by atoms with E-state index in [9.17, 15) is 9.59 Å². The molecule has 0 saturated heterocycles. The number of alkyl carbamates (subject to hydrolysis) is 1. The van der Waals surface area contributed by atoms with E-state index >= 15 is 0 Å². The summed E-state index contributed by atoms with van der Waals surface area (Å²) in [5.41, 5.74) is 5.56. The van der Waals surface area contributed by atoms with E-state index in [2.05, 4.69) is 39.3 Å².